The van der Waals surface area contributed by atoms with E-state index in [9.17, 15) is 19.6 Å². The number of amides is 1. The number of nitriles is 1. The zero-order valence-corrected chi connectivity index (χ0v) is 13.9. The summed E-state index contributed by atoms with van der Waals surface area (Å²) >= 11 is 0. The van der Waals surface area contributed by atoms with Gasteiger partial charge in [-0.25, -0.2) is 9.36 Å². The molecule has 1 fully saturated rings. The van der Waals surface area contributed by atoms with E-state index in [1.54, 1.807) is 0 Å². The Morgan fingerprint density at radius 2 is 2.04 bits per heavy atom. The lowest BCUT2D eigenvalue weighted by Crippen LogP contribution is -2.48. The topological polar surface area (TPSA) is 96.9 Å². The molecule has 0 radical (unpaired) electrons. The minimum atomic E-state index is -0.650. The summed E-state index contributed by atoms with van der Waals surface area (Å²) < 4.78 is 2.35. The minimum absolute atomic E-state index is 0.00839. The van der Waals surface area contributed by atoms with Crippen LogP contribution in [-0.4, -0.2) is 21.1 Å². The molecular formula is C17H22N4O3. The number of nitrogens with zero attached hydrogens (tertiary/aromatic N) is 3. The third-order valence-corrected chi connectivity index (χ3v) is 5.20. The van der Waals surface area contributed by atoms with Crippen LogP contribution >= 0.6 is 0 Å². The Kier molecular flexibility index (Phi) is 4.56. The highest BCUT2D eigenvalue weighted by Crippen LogP contribution is 2.23. The molecule has 24 heavy (non-hydrogen) atoms. The molecular weight excluding hydrogens is 308 g/mol. The van der Waals surface area contributed by atoms with Gasteiger partial charge in [0.05, 0.1) is 0 Å². The van der Waals surface area contributed by atoms with E-state index in [1.807, 2.05) is 6.07 Å². The summed E-state index contributed by atoms with van der Waals surface area (Å²) in [6.07, 6.45) is 5.54. The number of hydrogen-bond acceptors (Lipinski definition) is 4. The molecule has 1 N–H and O–H groups in total. The highest BCUT2D eigenvalue weighted by atomic mass is 16.2. The van der Waals surface area contributed by atoms with Crippen molar-refractivity contribution in [3.63, 3.8) is 0 Å². The number of fused-ring (bicyclic) bond motifs is 1. The van der Waals surface area contributed by atoms with Gasteiger partial charge in [-0.2, -0.15) is 5.26 Å². The van der Waals surface area contributed by atoms with E-state index >= 15 is 0 Å². The molecule has 2 aliphatic rings. The highest BCUT2D eigenvalue weighted by Gasteiger charge is 2.26. The summed E-state index contributed by atoms with van der Waals surface area (Å²) in [5.41, 5.74) is -0.642. The van der Waals surface area contributed by atoms with Crippen LogP contribution in [0.5, 0.6) is 0 Å². The molecule has 0 bridgehead atoms. The molecule has 1 aromatic rings. The zero-order valence-electron chi connectivity index (χ0n) is 13.9. The molecule has 1 aliphatic heterocycles. The van der Waals surface area contributed by atoms with E-state index in [-0.39, 0.29) is 24.1 Å². The second-order valence-corrected chi connectivity index (χ2v) is 6.80. The van der Waals surface area contributed by atoms with Crippen LogP contribution in [-0.2, 0) is 24.3 Å². The van der Waals surface area contributed by atoms with Crippen molar-refractivity contribution < 1.29 is 4.79 Å². The van der Waals surface area contributed by atoms with Gasteiger partial charge in [-0.1, -0.05) is 19.8 Å². The molecule has 2 heterocycles. The van der Waals surface area contributed by atoms with Crippen molar-refractivity contribution >= 4 is 5.91 Å². The van der Waals surface area contributed by atoms with Gasteiger partial charge in [0.1, 0.15) is 18.2 Å². The Labute approximate surface area is 139 Å². The normalized spacial score (nSPS) is 22.7. The lowest BCUT2D eigenvalue weighted by Gasteiger charge is -2.29. The van der Waals surface area contributed by atoms with Gasteiger partial charge in [0.15, 0.2) is 0 Å². The Balaban J connectivity index is 1.85. The van der Waals surface area contributed by atoms with Gasteiger partial charge in [-0.15, -0.1) is 0 Å². The van der Waals surface area contributed by atoms with Crippen molar-refractivity contribution in [2.45, 2.75) is 64.6 Å². The SMILES string of the molecule is C[C@@H]1CCCC[C@@H]1NC(=O)Cn1c(=O)c(C#N)c2n(c1=O)CCC2. The first-order valence-corrected chi connectivity index (χ1v) is 8.59. The summed E-state index contributed by atoms with van der Waals surface area (Å²) in [6.45, 7) is 2.27. The number of rotatable bonds is 3. The minimum Gasteiger partial charge on any atom is -0.352 e. The van der Waals surface area contributed by atoms with E-state index in [4.69, 9.17) is 0 Å². The van der Waals surface area contributed by atoms with Crippen molar-refractivity contribution in [1.29, 1.82) is 5.26 Å². The smallest absolute Gasteiger partial charge is 0.331 e. The number of carbonyl (C=O) groups is 1. The molecule has 1 aliphatic carbocycles. The third-order valence-electron chi connectivity index (χ3n) is 5.20. The van der Waals surface area contributed by atoms with Crippen molar-refractivity contribution in [2.24, 2.45) is 5.92 Å². The molecule has 7 nitrogen and oxygen atoms in total. The van der Waals surface area contributed by atoms with Crippen molar-refractivity contribution in [1.82, 2.24) is 14.5 Å². The molecule has 7 heteroatoms. The highest BCUT2D eigenvalue weighted by molar-refractivity contribution is 5.76. The van der Waals surface area contributed by atoms with Gasteiger partial charge in [0.2, 0.25) is 5.91 Å². The first-order valence-electron chi connectivity index (χ1n) is 8.59. The van der Waals surface area contributed by atoms with Crippen LogP contribution in [0.1, 0.15) is 50.3 Å². The quantitative estimate of drug-likeness (QED) is 0.874. The Morgan fingerprint density at radius 3 is 2.75 bits per heavy atom. The van der Waals surface area contributed by atoms with Crippen LogP contribution in [0.2, 0.25) is 0 Å². The van der Waals surface area contributed by atoms with Gasteiger partial charge in [0.25, 0.3) is 5.56 Å². The van der Waals surface area contributed by atoms with Crippen LogP contribution in [0.3, 0.4) is 0 Å². The van der Waals surface area contributed by atoms with E-state index in [0.29, 0.717) is 24.6 Å². The van der Waals surface area contributed by atoms with E-state index in [1.165, 1.54) is 11.0 Å². The number of hydrogen-bond donors (Lipinski definition) is 1. The van der Waals surface area contributed by atoms with Gasteiger partial charge in [-0.05, 0) is 31.6 Å². The van der Waals surface area contributed by atoms with Gasteiger partial charge < -0.3 is 5.32 Å². The standard InChI is InChI=1S/C17H22N4O3/c1-11-5-2-3-6-13(11)19-15(22)10-21-16(23)12(9-18)14-7-4-8-20(14)17(21)24/h11,13H,2-8,10H2,1H3,(H,19,22)/t11-,13+/m1/s1. The second-order valence-electron chi connectivity index (χ2n) is 6.80. The fourth-order valence-electron chi connectivity index (χ4n) is 3.82. The molecule has 128 valence electrons. The van der Waals surface area contributed by atoms with Crippen LogP contribution < -0.4 is 16.6 Å². The summed E-state index contributed by atoms with van der Waals surface area (Å²) in [5, 5.41) is 12.2. The second kappa shape index (κ2) is 6.63. The fourth-order valence-corrected chi connectivity index (χ4v) is 3.82. The van der Waals surface area contributed by atoms with Gasteiger partial charge in [-0.3, -0.25) is 14.2 Å². The van der Waals surface area contributed by atoms with Gasteiger partial charge in [0, 0.05) is 18.3 Å². The largest absolute Gasteiger partial charge is 0.352 e. The maximum Gasteiger partial charge on any atom is 0.331 e. The van der Waals surface area contributed by atoms with E-state index < -0.39 is 11.2 Å². The van der Waals surface area contributed by atoms with Crippen LogP contribution in [0.25, 0.3) is 0 Å². The number of aromatic nitrogens is 2. The molecule has 2 atom stereocenters. The predicted octanol–water partition coefficient (Wildman–Crippen LogP) is 0.523. The first kappa shape index (κ1) is 16.5. The summed E-state index contributed by atoms with van der Waals surface area (Å²) in [4.78, 5) is 37.2. The van der Waals surface area contributed by atoms with Crippen molar-refractivity contribution in [2.75, 3.05) is 0 Å². The summed E-state index contributed by atoms with van der Waals surface area (Å²) in [7, 11) is 0. The van der Waals surface area contributed by atoms with Crippen LogP contribution in [0.15, 0.2) is 9.59 Å². The lowest BCUT2D eigenvalue weighted by atomic mass is 9.86. The average molecular weight is 330 g/mol. The molecule has 3 rings (SSSR count). The molecule has 1 amide bonds. The first-order chi connectivity index (χ1) is 11.5. The number of nitrogens with one attached hydrogen (secondary N) is 1. The van der Waals surface area contributed by atoms with Gasteiger partial charge >= 0.3 is 5.69 Å². The third kappa shape index (κ3) is 2.88. The Bertz CT molecular complexity index is 815. The van der Waals surface area contributed by atoms with E-state index in [0.717, 1.165) is 30.3 Å². The average Bonchev–Trinajstić information content (AvgIpc) is 3.04. The molecule has 0 aromatic carbocycles. The van der Waals surface area contributed by atoms with Crippen molar-refractivity contribution in [3.8, 4) is 6.07 Å². The lowest BCUT2D eigenvalue weighted by molar-refractivity contribution is -0.123. The Morgan fingerprint density at radius 1 is 1.29 bits per heavy atom. The van der Waals surface area contributed by atoms with Crippen LogP contribution in [0.4, 0.5) is 0 Å². The van der Waals surface area contributed by atoms with E-state index in [2.05, 4.69) is 12.2 Å². The molecule has 0 saturated heterocycles. The molecule has 1 saturated carbocycles. The zero-order chi connectivity index (χ0) is 17.3. The summed E-state index contributed by atoms with van der Waals surface area (Å²) in [5.74, 6) is 0.0607. The Hall–Kier alpha value is -2.36. The molecule has 0 unspecified atom stereocenters. The maximum absolute atomic E-state index is 12.5. The monoisotopic (exact) mass is 330 g/mol. The molecule has 0 spiro atoms. The van der Waals surface area contributed by atoms with Crippen molar-refractivity contribution in [3.05, 3.63) is 32.1 Å². The summed E-state index contributed by atoms with van der Waals surface area (Å²) in [6, 6.07) is 1.99. The number of carbonyl (C=O) groups excluding carboxylic acids is 1. The molecule has 1 aromatic heterocycles. The maximum atomic E-state index is 12.5. The predicted molar refractivity (Wildman–Crippen MR) is 87.6 cm³/mol. The fraction of sp³-hybridized carbons (Fsp3) is 0.647. The van der Waals surface area contributed by atoms with Crippen LogP contribution in [0, 0.1) is 17.2 Å².